The highest BCUT2D eigenvalue weighted by Gasteiger charge is 2.48. The van der Waals surface area contributed by atoms with E-state index in [-0.39, 0.29) is 28.7 Å². The molecule has 0 saturated carbocycles. The van der Waals surface area contributed by atoms with Gasteiger partial charge in [0, 0.05) is 30.8 Å². The SMILES string of the molecule is CCc1cc(Nc2cc(C)n(C(C)(C)C)n2)nc(C[C@@]2(C(=O)OC(C)(C)C)CCN(c3cccc(Cl)c3F)[C@H](C)C2)c1F. The van der Waals surface area contributed by atoms with Crippen LogP contribution in [-0.4, -0.2) is 38.9 Å². The quantitative estimate of drug-likeness (QED) is 0.271. The Morgan fingerprint density at radius 1 is 1.14 bits per heavy atom. The fourth-order valence-electron chi connectivity index (χ4n) is 5.95. The summed E-state index contributed by atoms with van der Waals surface area (Å²) >= 11 is 6.08. The summed E-state index contributed by atoms with van der Waals surface area (Å²) in [5.41, 5.74) is 0.0244. The van der Waals surface area contributed by atoms with E-state index < -0.39 is 28.6 Å². The second-order valence-electron chi connectivity index (χ2n) is 13.7. The number of esters is 1. The highest BCUT2D eigenvalue weighted by Crippen LogP contribution is 2.43. The van der Waals surface area contributed by atoms with Crippen LogP contribution in [0.4, 0.5) is 26.1 Å². The van der Waals surface area contributed by atoms with E-state index in [1.165, 1.54) is 6.07 Å². The first kappa shape index (κ1) is 32.7. The van der Waals surface area contributed by atoms with Crippen LogP contribution in [0.1, 0.15) is 85.2 Å². The average molecular weight is 616 g/mol. The fourth-order valence-corrected chi connectivity index (χ4v) is 6.12. The van der Waals surface area contributed by atoms with Gasteiger partial charge in [0.05, 0.1) is 27.4 Å². The maximum Gasteiger partial charge on any atom is 0.313 e. The molecule has 43 heavy (non-hydrogen) atoms. The highest BCUT2D eigenvalue weighted by atomic mass is 35.5. The van der Waals surface area contributed by atoms with Crippen LogP contribution in [0, 0.1) is 24.0 Å². The molecule has 1 aliphatic rings. The Labute approximate surface area is 259 Å². The summed E-state index contributed by atoms with van der Waals surface area (Å²) < 4.78 is 38.8. The van der Waals surface area contributed by atoms with Crippen LogP contribution < -0.4 is 10.2 Å². The van der Waals surface area contributed by atoms with Crippen LogP contribution >= 0.6 is 11.6 Å². The number of nitrogens with one attached hydrogen (secondary N) is 1. The van der Waals surface area contributed by atoms with Crippen LogP contribution in [0.25, 0.3) is 0 Å². The lowest BCUT2D eigenvalue weighted by Gasteiger charge is -2.46. The molecule has 4 rings (SSSR count). The highest BCUT2D eigenvalue weighted by molar-refractivity contribution is 6.31. The number of pyridine rings is 1. The zero-order chi connectivity index (χ0) is 31.9. The van der Waals surface area contributed by atoms with Crippen molar-refractivity contribution in [3.63, 3.8) is 0 Å². The molecular formula is C33H44ClF2N5O2. The van der Waals surface area contributed by atoms with E-state index in [1.807, 2.05) is 57.2 Å². The molecule has 1 fully saturated rings. The number of anilines is 3. The molecule has 3 heterocycles. The van der Waals surface area contributed by atoms with Gasteiger partial charge in [-0.25, -0.2) is 13.8 Å². The molecule has 0 aliphatic carbocycles. The first-order valence-corrected chi connectivity index (χ1v) is 15.3. The zero-order valence-corrected chi connectivity index (χ0v) is 27.5. The lowest BCUT2D eigenvalue weighted by Crippen LogP contribution is -2.52. The molecule has 2 atom stereocenters. The summed E-state index contributed by atoms with van der Waals surface area (Å²) in [6, 6.07) is 8.27. The molecule has 1 aromatic carbocycles. The molecule has 1 aliphatic heterocycles. The fraction of sp³-hybridized carbons (Fsp3) is 0.545. The van der Waals surface area contributed by atoms with Crippen molar-refractivity contribution in [1.29, 1.82) is 0 Å². The Kier molecular flexibility index (Phi) is 9.17. The number of halogens is 3. The standard InChI is InChI=1S/C33H44ClF2N5O2/c1-10-22-17-26(38-27-16-20(2)41(39-27)31(4,5)6)37-24(28(22)35)19-33(30(42)43-32(7,8)9)14-15-40(21(3)18-33)25-13-11-12-23(34)29(25)36/h11-13,16-17,21H,10,14-15,18-19H2,1-9H3,(H,37,38,39)/t21-,33-/m1/s1. The Balaban J connectivity index is 1.71. The Hall–Kier alpha value is -3.20. The van der Waals surface area contributed by atoms with E-state index in [0.717, 1.165) is 5.69 Å². The van der Waals surface area contributed by atoms with Gasteiger partial charge in [-0.2, -0.15) is 5.10 Å². The number of rotatable bonds is 7. The summed E-state index contributed by atoms with van der Waals surface area (Å²) in [5, 5.41) is 7.99. The summed E-state index contributed by atoms with van der Waals surface area (Å²) in [6.45, 7) is 17.8. The van der Waals surface area contributed by atoms with Crippen molar-refractivity contribution in [3.05, 3.63) is 63.9 Å². The molecule has 234 valence electrons. The van der Waals surface area contributed by atoms with Crippen molar-refractivity contribution < 1.29 is 18.3 Å². The Morgan fingerprint density at radius 2 is 1.84 bits per heavy atom. The number of ether oxygens (including phenoxy) is 1. The predicted molar refractivity (Wildman–Crippen MR) is 168 cm³/mol. The van der Waals surface area contributed by atoms with Crippen molar-refractivity contribution in [2.24, 2.45) is 5.41 Å². The van der Waals surface area contributed by atoms with Crippen molar-refractivity contribution in [1.82, 2.24) is 14.8 Å². The van der Waals surface area contributed by atoms with Gasteiger partial charge in [-0.05, 0) is 98.4 Å². The summed E-state index contributed by atoms with van der Waals surface area (Å²) in [4.78, 5) is 20.5. The molecule has 0 radical (unpaired) electrons. The molecular weight excluding hydrogens is 572 g/mol. The third-order valence-corrected chi connectivity index (χ3v) is 8.18. The van der Waals surface area contributed by atoms with Gasteiger partial charge in [0.1, 0.15) is 17.2 Å². The van der Waals surface area contributed by atoms with E-state index in [9.17, 15) is 9.18 Å². The lowest BCUT2D eigenvalue weighted by molar-refractivity contribution is -0.169. The number of aromatic nitrogens is 3. The number of aryl methyl sites for hydroxylation is 2. The number of benzene rings is 1. The van der Waals surface area contributed by atoms with Gasteiger partial charge in [0.25, 0.3) is 0 Å². The number of hydrogen-bond acceptors (Lipinski definition) is 6. The van der Waals surface area contributed by atoms with Gasteiger partial charge in [0.15, 0.2) is 11.6 Å². The summed E-state index contributed by atoms with van der Waals surface area (Å²) in [7, 11) is 0. The monoisotopic (exact) mass is 615 g/mol. The summed E-state index contributed by atoms with van der Waals surface area (Å²) in [6.07, 6.45) is 1.14. The predicted octanol–water partition coefficient (Wildman–Crippen LogP) is 8.14. The Bertz CT molecular complexity index is 1490. The van der Waals surface area contributed by atoms with Gasteiger partial charge in [-0.3, -0.25) is 9.48 Å². The van der Waals surface area contributed by atoms with Crippen LogP contribution in [-0.2, 0) is 27.9 Å². The molecule has 0 amide bonds. The third-order valence-electron chi connectivity index (χ3n) is 7.89. The minimum Gasteiger partial charge on any atom is -0.460 e. The second kappa shape index (κ2) is 12.1. The number of nitrogens with zero attached hydrogens (tertiary/aromatic N) is 4. The Morgan fingerprint density at radius 3 is 2.42 bits per heavy atom. The van der Waals surface area contributed by atoms with E-state index >= 15 is 4.39 Å². The third kappa shape index (κ3) is 7.14. The van der Waals surface area contributed by atoms with Crippen LogP contribution in [0.15, 0.2) is 30.3 Å². The van der Waals surface area contributed by atoms with Gasteiger partial charge in [-0.1, -0.05) is 24.6 Å². The van der Waals surface area contributed by atoms with Crippen molar-refractivity contribution in [3.8, 4) is 0 Å². The molecule has 1 saturated heterocycles. The molecule has 7 nitrogen and oxygen atoms in total. The van der Waals surface area contributed by atoms with E-state index in [4.69, 9.17) is 21.4 Å². The average Bonchev–Trinajstić information content (AvgIpc) is 3.27. The number of piperidine rings is 1. The van der Waals surface area contributed by atoms with Crippen molar-refractivity contribution >= 4 is 34.9 Å². The van der Waals surface area contributed by atoms with Gasteiger partial charge < -0.3 is 15.0 Å². The molecule has 0 bridgehead atoms. The molecule has 3 aromatic rings. The largest absolute Gasteiger partial charge is 0.460 e. The first-order chi connectivity index (χ1) is 19.9. The molecule has 2 aromatic heterocycles. The molecule has 1 N–H and O–H groups in total. The topological polar surface area (TPSA) is 72.3 Å². The molecule has 0 spiro atoms. The van der Waals surface area contributed by atoms with Crippen molar-refractivity contribution in [2.45, 2.75) is 105 Å². The van der Waals surface area contributed by atoms with E-state index in [0.29, 0.717) is 48.7 Å². The number of hydrogen-bond donors (Lipinski definition) is 1. The van der Waals surface area contributed by atoms with Gasteiger partial charge >= 0.3 is 5.97 Å². The second-order valence-corrected chi connectivity index (χ2v) is 14.1. The summed E-state index contributed by atoms with van der Waals surface area (Å²) in [5.74, 6) is -0.271. The van der Waals surface area contributed by atoms with Crippen LogP contribution in [0.2, 0.25) is 5.02 Å². The minimum atomic E-state index is -1.07. The number of carbonyl (C=O) groups is 1. The van der Waals surface area contributed by atoms with E-state index in [2.05, 4.69) is 31.1 Å². The molecule has 10 heteroatoms. The maximum atomic E-state index is 15.9. The van der Waals surface area contributed by atoms with Gasteiger partial charge in [-0.15, -0.1) is 0 Å². The molecule has 0 unspecified atom stereocenters. The van der Waals surface area contributed by atoms with Gasteiger partial charge in [0.2, 0.25) is 0 Å². The van der Waals surface area contributed by atoms with Crippen LogP contribution in [0.5, 0.6) is 0 Å². The number of carbonyl (C=O) groups excluding carboxylic acids is 1. The normalized spacial score (nSPS) is 19.4. The zero-order valence-electron chi connectivity index (χ0n) is 26.7. The first-order valence-electron chi connectivity index (χ1n) is 14.9. The maximum absolute atomic E-state index is 15.9. The smallest absolute Gasteiger partial charge is 0.313 e. The lowest BCUT2D eigenvalue weighted by atomic mass is 9.71. The van der Waals surface area contributed by atoms with Crippen LogP contribution in [0.3, 0.4) is 0 Å². The minimum absolute atomic E-state index is 0.0406. The van der Waals surface area contributed by atoms with E-state index in [1.54, 1.807) is 18.2 Å². The van der Waals surface area contributed by atoms with Crippen molar-refractivity contribution in [2.75, 3.05) is 16.8 Å².